The normalized spacial score (nSPS) is 40.1. The van der Waals surface area contributed by atoms with E-state index < -0.39 is 0 Å². The molecule has 0 aromatic heterocycles. The van der Waals surface area contributed by atoms with Crippen molar-refractivity contribution in [3.05, 3.63) is 11.6 Å². The Labute approximate surface area is 250 Å². The summed E-state index contributed by atoms with van der Waals surface area (Å²) in [4.78, 5) is 0. The Bertz CT molecular complexity index is 680. The predicted molar refractivity (Wildman–Crippen MR) is 181 cm³/mol. The second kappa shape index (κ2) is 17.0. The third-order valence-corrected chi connectivity index (χ3v) is 12.3. The Morgan fingerprint density at radius 3 is 1.77 bits per heavy atom. The van der Waals surface area contributed by atoms with Gasteiger partial charge in [-0.3, -0.25) is 0 Å². The fourth-order valence-corrected chi connectivity index (χ4v) is 10.3. The van der Waals surface area contributed by atoms with Crippen LogP contribution in [0.4, 0.5) is 0 Å². The number of rotatable bonds is 4. The second-order valence-corrected chi connectivity index (χ2v) is 14.5. The minimum Gasteiger partial charge on any atom is -0.0859 e. The van der Waals surface area contributed by atoms with Gasteiger partial charge in [0.15, 0.2) is 0 Å². The number of allylic oxidation sites excluding steroid dienone is 2. The van der Waals surface area contributed by atoms with Gasteiger partial charge in [-0.25, -0.2) is 0 Å². The van der Waals surface area contributed by atoms with Crippen molar-refractivity contribution in [1.82, 2.24) is 0 Å². The molecule has 0 saturated heterocycles. The van der Waals surface area contributed by atoms with Crippen molar-refractivity contribution in [2.75, 3.05) is 0 Å². The van der Waals surface area contributed by atoms with E-state index >= 15 is 0 Å². The molecule has 0 aromatic rings. The molecule has 0 aliphatic heterocycles. The predicted octanol–water partition coefficient (Wildman–Crippen LogP) is 13.7. The summed E-state index contributed by atoms with van der Waals surface area (Å²) in [7, 11) is 0. The Morgan fingerprint density at radius 2 is 1.23 bits per heavy atom. The zero-order chi connectivity index (χ0) is 30.8. The highest BCUT2D eigenvalue weighted by atomic mass is 14.7. The SMILES string of the molecule is CC.CC.CC.CC.CC(C)=CCCC(C)(C)C1CCC2C1C(C)CC1C3(C)CCC(C)C(C)C3CCC21C. The summed E-state index contributed by atoms with van der Waals surface area (Å²) in [5, 5.41) is 0. The maximum Gasteiger partial charge on any atom is -0.0261 e. The first kappa shape index (κ1) is 38.7. The molecule has 0 N–H and O–H groups in total. The van der Waals surface area contributed by atoms with Gasteiger partial charge in [0.05, 0.1) is 0 Å². The third-order valence-electron chi connectivity index (χ3n) is 12.3. The maximum absolute atomic E-state index is 2.78. The van der Waals surface area contributed by atoms with Gasteiger partial charge in [0.1, 0.15) is 0 Å². The van der Waals surface area contributed by atoms with Gasteiger partial charge in [0, 0.05) is 0 Å². The number of hydrogen-bond acceptors (Lipinski definition) is 0. The van der Waals surface area contributed by atoms with Crippen LogP contribution in [-0.4, -0.2) is 0 Å². The molecular formula is C39H78. The van der Waals surface area contributed by atoms with E-state index in [1.54, 1.807) is 0 Å². The van der Waals surface area contributed by atoms with Crippen molar-refractivity contribution < 1.29 is 0 Å². The number of fused-ring (bicyclic) bond motifs is 5. The minimum atomic E-state index is 0.485. The lowest BCUT2D eigenvalue weighted by molar-refractivity contribution is -0.177. The van der Waals surface area contributed by atoms with Crippen molar-refractivity contribution in [3.63, 3.8) is 0 Å². The molecule has 39 heavy (non-hydrogen) atoms. The molecule has 0 bridgehead atoms. The fourth-order valence-electron chi connectivity index (χ4n) is 10.3. The maximum atomic E-state index is 2.78. The van der Waals surface area contributed by atoms with E-state index in [0.717, 1.165) is 47.3 Å². The molecule has 4 aliphatic carbocycles. The van der Waals surface area contributed by atoms with E-state index in [9.17, 15) is 0 Å². The van der Waals surface area contributed by atoms with Gasteiger partial charge in [-0.2, -0.15) is 0 Å². The molecule has 4 aliphatic rings. The standard InChI is InChI=1S/C31H54.4C2H6/c1-20(2)11-10-16-29(6,7)25-12-13-26-28(25)22(4)19-27-30(8)17-14-21(3)23(5)24(30)15-18-31(26,27)9;4*1-2/h11,21-28H,10,12-19H2,1-9H3;4*1-2H3. The summed E-state index contributed by atoms with van der Waals surface area (Å²) in [5.74, 6) is 7.64. The van der Waals surface area contributed by atoms with Crippen LogP contribution in [0.2, 0.25) is 0 Å². The highest BCUT2D eigenvalue weighted by Gasteiger charge is 2.64. The molecule has 234 valence electrons. The Balaban J connectivity index is 0.00000166. The van der Waals surface area contributed by atoms with E-state index in [0.29, 0.717) is 16.2 Å². The lowest BCUT2D eigenvalue weighted by Crippen LogP contribution is -2.59. The molecule has 0 heteroatoms. The van der Waals surface area contributed by atoms with E-state index in [1.165, 1.54) is 63.4 Å². The van der Waals surface area contributed by atoms with Gasteiger partial charge in [-0.05, 0) is 135 Å². The van der Waals surface area contributed by atoms with E-state index in [2.05, 4.69) is 68.4 Å². The van der Waals surface area contributed by atoms with Gasteiger partial charge in [-0.15, -0.1) is 0 Å². The summed E-state index contributed by atoms with van der Waals surface area (Å²) < 4.78 is 0. The molecule has 0 heterocycles. The second-order valence-electron chi connectivity index (χ2n) is 14.5. The van der Waals surface area contributed by atoms with Crippen LogP contribution < -0.4 is 0 Å². The summed E-state index contributed by atoms with van der Waals surface area (Å²) in [6.07, 6.45) is 15.7. The van der Waals surface area contributed by atoms with Gasteiger partial charge in [0.25, 0.3) is 0 Å². The smallest absolute Gasteiger partial charge is 0.0261 e. The molecule has 4 saturated carbocycles. The van der Waals surface area contributed by atoms with E-state index in [1.807, 2.05) is 55.4 Å². The van der Waals surface area contributed by atoms with Crippen LogP contribution in [0.1, 0.15) is 175 Å². The lowest BCUT2D eigenvalue weighted by atomic mass is 9.38. The van der Waals surface area contributed by atoms with Crippen molar-refractivity contribution in [1.29, 1.82) is 0 Å². The molecule has 10 unspecified atom stereocenters. The minimum absolute atomic E-state index is 0.485. The largest absolute Gasteiger partial charge is 0.0859 e. The third kappa shape index (κ3) is 7.98. The van der Waals surface area contributed by atoms with Crippen LogP contribution in [0.25, 0.3) is 0 Å². The Kier molecular flexibility index (Phi) is 16.9. The zero-order valence-corrected chi connectivity index (χ0v) is 30.6. The van der Waals surface area contributed by atoms with Crippen LogP contribution in [0.5, 0.6) is 0 Å². The Morgan fingerprint density at radius 1 is 0.718 bits per heavy atom. The lowest BCUT2D eigenvalue weighted by Gasteiger charge is -2.66. The van der Waals surface area contributed by atoms with Gasteiger partial charge >= 0.3 is 0 Å². The Hall–Kier alpha value is -0.260. The van der Waals surface area contributed by atoms with Crippen LogP contribution in [0, 0.1) is 63.6 Å². The molecule has 4 fully saturated rings. The first-order chi connectivity index (χ1) is 18.4. The zero-order valence-electron chi connectivity index (χ0n) is 30.6. The molecule has 0 radical (unpaired) electrons. The average molecular weight is 547 g/mol. The van der Waals surface area contributed by atoms with Gasteiger partial charge in [0.2, 0.25) is 0 Å². The molecule has 0 amide bonds. The number of hydrogen-bond donors (Lipinski definition) is 0. The summed E-state index contributed by atoms with van der Waals surface area (Å²) >= 11 is 0. The van der Waals surface area contributed by atoms with E-state index in [4.69, 9.17) is 0 Å². The highest BCUT2D eigenvalue weighted by Crippen LogP contribution is 2.72. The van der Waals surface area contributed by atoms with Crippen molar-refractivity contribution in [3.8, 4) is 0 Å². The van der Waals surface area contributed by atoms with Gasteiger partial charge < -0.3 is 0 Å². The molecular weight excluding hydrogens is 468 g/mol. The molecule has 4 rings (SSSR count). The quantitative estimate of drug-likeness (QED) is 0.307. The summed E-state index contributed by atoms with van der Waals surface area (Å²) in [6.45, 7) is 39.1. The van der Waals surface area contributed by atoms with Crippen molar-refractivity contribution in [2.24, 2.45) is 63.6 Å². The average Bonchev–Trinajstić information content (AvgIpc) is 3.41. The summed E-state index contributed by atoms with van der Waals surface area (Å²) in [6, 6.07) is 0. The first-order valence-electron chi connectivity index (χ1n) is 18.0. The van der Waals surface area contributed by atoms with Gasteiger partial charge in [-0.1, -0.05) is 116 Å². The van der Waals surface area contributed by atoms with Crippen LogP contribution in [-0.2, 0) is 0 Å². The van der Waals surface area contributed by atoms with E-state index in [-0.39, 0.29) is 0 Å². The molecule has 0 nitrogen and oxygen atoms in total. The summed E-state index contributed by atoms with van der Waals surface area (Å²) in [5.41, 5.74) is 3.18. The van der Waals surface area contributed by atoms with Crippen molar-refractivity contribution in [2.45, 2.75) is 175 Å². The monoisotopic (exact) mass is 547 g/mol. The van der Waals surface area contributed by atoms with Crippen LogP contribution >= 0.6 is 0 Å². The topological polar surface area (TPSA) is 0 Å². The highest BCUT2D eigenvalue weighted by molar-refractivity contribution is 5.13. The first-order valence-corrected chi connectivity index (χ1v) is 18.0. The van der Waals surface area contributed by atoms with Crippen molar-refractivity contribution >= 4 is 0 Å². The molecule has 0 aromatic carbocycles. The molecule has 0 spiro atoms. The van der Waals surface area contributed by atoms with Crippen LogP contribution in [0.3, 0.4) is 0 Å². The fraction of sp³-hybridized carbons (Fsp3) is 0.949. The molecule has 10 atom stereocenters. The van der Waals surface area contributed by atoms with Crippen LogP contribution in [0.15, 0.2) is 11.6 Å².